The van der Waals surface area contributed by atoms with Crippen molar-refractivity contribution in [3.63, 3.8) is 0 Å². The van der Waals surface area contributed by atoms with Crippen LogP contribution in [0.3, 0.4) is 0 Å². The molecule has 6 nitrogen and oxygen atoms in total. The lowest BCUT2D eigenvalue weighted by molar-refractivity contribution is -0.153. The quantitative estimate of drug-likeness (QED) is 0.562. The molecule has 0 amide bonds. The third kappa shape index (κ3) is 1.22. The zero-order valence-electron chi connectivity index (χ0n) is 9.04. The van der Waals surface area contributed by atoms with Crippen LogP contribution in [0, 0.1) is 0 Å². The van der Waals surface area contributed by atoms with Crippen LogP contribution in [0.4, 0.5) is 0 Å². The number of carbonyl (C=O) groups excluding carboxylic acids is 2. The number of carbonyl (C=O) groups is 3. The number of hydrogen-bond acceptors (Lipinski definition) is 5. The Hall–Kier alpha value is -2.50. The Morgan fingerprint density at radius 1 is 1.39 bits per heavy atom. The van der Waals surface area contributed by atoms with Crippen molar-refractivity contribution >= 4 is 23.8 Å². The number of allylic oxidation sites excluding steroid dienone is 1. The number of nitrogens with zero attached hydrogens (tertiary/aromatic N) is 1. The van der Waals surface area contributed by atoms with Gasteiger partial charge in [0.05, 0.1) is 6.42 Å². The minimum Gasteiger partial charge on any atom is -0.477 e. The minimum absolute atomic E-state index is 0.323. The van der Waals surface area contributed by atoms with Crippen molar-refractivity contribution in [2.75, 3.05) is 0 Å². The number of aliphatic carboxylic acids is 1. The SMILES string of the molecule is O=C(O)C(=O)C(=O)CC12C=CC(=C3C=NC=C31)O2. The van der Waals surface area contributed by atoms with E-state index in [-0.39, 0.29) is 6.42 Å². The van der Waals surface area contributed by atoms with Gasteiger partial charge in [-0.15, -0.1) is 0 Å². The standard InChI is InChI=1S/C12H7NO5/c14-8(10(15)11(16)17)3-12-2-1-9(18-12)6-4-13-5-7(6)12/h1-2,4-5H,3H2,(H,16,17). The summed E-state index contributed by atoms with van der Waals surface area (Å²) in [6, 6.07) is 0. The number of carboxylic acids is 1. The van der Waals surface area contributed by atoms with E-state index in [0.29, 0.717) is 11.3 Å². The lowest BCUT2D eigenvalue weighted by Crippen LogP contribution is -2.35. The molecule has 3 aliphatic rings. The molecule has 0 saturated carbocycles. The highest BCUT2D eigenvalue weighted by Gasteiger charge is 2.50. The lowest BCUT2D eigenvalue weighted by Gasteiger charge is -2.22. The first-order valence-electron chi connectivity index (χ1n) is 5.21. The van der Waals surface area contributed by atoms with Gasteiger partial charge in [0.2, 0.25) is 5.78 Å². The molecule has 0 spiro atoms. The van der Waals surface area contributed by atoms with Crippen molar-refractivity contribution in [2.45, 2.75) is 12.0 Å². The van der Waals surface area contributed by atoms with Crippen LogP contribution in [-0.2, 0) is 19.1 Å². The van der Waals surface area contributed by atoms with Gasteiger partial charge in [0.1, 0.15) is 5.76 Å². The summed E-state index contributed by atoms with van der Waals surface area (Å²) in [7, 11) is 0. The Balaban J connectivity index is 1.88. The van der Waals surface area contributed by atoms with Gasteiger partial charge in [0.25, 0.3) is 0 Å². The summed E-state index contributed by atoms with van der Waals surface area (Å²) in [6.07, 6.45) is 6.20. The van der Waals surface area contributed by atoms with E-state index >= 15 is 0 Å². The highest BCUT2D eigenvalue weighted by molar-refractivity contribution is 6.61. The molecule has 0 fully saturated rings. The van der Waals surface area contributed by atoms with Crippen LogP contribution in [0.1, 0.15) is 6.42 Å². The summed E-state index contributed by atoms with van der Waals surface area (Å²) in [5.74, 6) is -3.57. The first-order valence-corrected chi connectivity index (χ1v) is 5.21. The van der Waals surface area contributed by atoms with E-state index in [1.807, 2.05) is 0 Å². The first-order chi connectivity index (χ1) is 8.53. The fourth-order valence-electron chi connectivity index (χ4n) is 2.25. The van der Waals surface area contributed by atoms with Crippen LogP contribution in [0.15, 0.2) is 40.2 Å². The van der Waals surface area contributed by atoms with Gasteiger partial charge in [0, 0.05) is 23.6 Å². The molecule has 3 heterocycles. The number of Topliss-reactive ketones (excluding diaryl/α,β-unsaturated/α-hetero) is 2. The van der Waals surface area contributed by atoms with Crippen molar-refractivity contribution < 1.29 is 24.2 Å². The van der Waals surface area contributed by atoms with Gasteiger partial charge in [-0.1, -0.05) is 0 Å². The monoisotopic (exact) mass is 245 g/mol. The molecule has 1 unspecified atom stereocenters. The summed E-state index contributed by atoms with van der Waals surface area (Å²) >= 11 is 0. The normalized spacial score (nSPS) is 26.1. The third-order valence-corrected chi connectivity index (χ3v) is 3.09. The van der Waals surface area contributed by atoms with Crippen molar-refractivity contribution in [3.8, 4) is 0 Å². The van der Waals surface area contributed by atoms with E-state index < -0.39 is 23.1 Å². The minimum atomic E-state index is -1.75. The largest absolute Gasteiger partial charge is 0.477 e. The van der Waals surface area contributed by atoms with E-state index in [1.165, 1.54) is 0 Å². The Morgan fingerprint density at radius 3 is 2.89 bits per heavy atom. The van der Waals surface area contributed by atoms with Crippen molar-refractivity contribution in [1.29, 1.82) is 0 Å². The maximum absolute atomic E-state index is 11.6. The molecule has 18 heavy (non-hydrogen) atoms. The molecular weight excluding hydrogens is 238 g/mol. The number of fused-ring (bicyclic) bond motifs is 4. The average molecular weight is 245 g/mol. The number of ether oxygens (including phenoxy) is 1. The van der Waals surface area contributed by atoms with Gasteiger partial charge in [0.15, 0.2) is 5.60 Å². The Morgan fingerprint density at radius 2 is 2.17 bits per heavy atom. The summed E-state index contributed by atoms with van der Waals surface area (Å²) in [4.78, 5) is 37.1. The Kier molecular flexibility index (Phi) is 1.92. The van der Waals surface area contributed by atoms with E-state index in [9.17, 15) is 14.4 Å². The highest BCUT2D eigenvalue weighted by Crippen LogP contribution is 2.48. The fourth-order valence-corrected chi connectivity index (χ4v) is 2.25. The van der Waals surface area contributed by atoms with E-state index in [1.54, 1.807) is 24.6 Å². The maximum Gasteiger partial charge on any atom is 0.380 e. The van der Waals surface area contributed by atoms with Crippen molar-refractivity contribution in [1.82, 2.24) is 0 Å². The molecule has 0 radical (unpaired) electrons. The second-order valence-corrected chi connectivity index (χ2v) is 4.16. The fraction of sp³-hybridized carbons (Fsp3) is 0.167. The predicted molar refractivity (Wildman–Crippen MR) is 58.8 cm³/mol. The van der Waals surface area contributed by atoms with Crippen LogP contribution in [0.2, 0.25) is 0 Å². The molecule has 2 bridgehead atoms. The lowest BCUT2D eigenvalue weighted by atomic mass is 9.84. The van der Waals surface area contributed by atoms with Crippen LogP contribution < -0.4 is 0 Å². The van der Waals surface area contributed by atoms with Gasteiger partial charge < -0.3 is 9.84 Å². The van der Waals surface area contributed by atoms with Crippen molar-refractivity contribution in [2.24, 2.45) is 4.99 Å². The summed E-state index contributed by atoms with van der Waals surface area (Å²) < 4.78 is 5.57. The smallest absolute Gasteiger partial charge is 0.380 e. The summed E-state index contributed by atoms with van der Waals surface area (Å²) in [5, 5.41) is 8.50. The van der Waals surface area contributed by atoms with E-state index in [2.05, 4.69) is 4.99 Å². The molecule has 3 rings (SSSR count). The first kappa shape index (κ1) is 10.6. The molecule has 3 aliphatic heterocycles. The molecule has 0 saturated heterocycles. The topological polar surface area (TPSA) is 93.0 Å². The average Bonchev–Trinajstić information content (AvgIpc) is 2.98. The summed E-state index contributed by atoms with van der Waals surface area (Å²) in [6.45, 7) is 0. The van der Waals surface area contributed by atoms with Crippen LogP contribution in [-0.4, -0.2) is 34.5 Å². The molecule has 0 aliphatic carbocycles. The number of rotatable bonds is 4. The molecule has 90 valence electrons. The van der Waals surface area contributed by atoms with Crippen molar-refractivity contribution in [3.05, 3.63) is 35.3 Å². The Labute approximate surface area is 101 Å². The second kappa shape index (κ2) is 3.25. The van der Waals surface area contributed by atoms with Gasteiger partial charge in [-0.05, 0) is 12.2 Å². The summed E-state index contributed by atoms with van der Waals surface area (Å²) in [5.41, 5.74) is 0.434. The molecule has 1 atom stereocenters. The number of carboxylic acid groups (broad SMARTS) is 1. The van der Waals surface area contributed by atoms with Crippen LogP contribution >= 0.6 is 0 Å². The third-order valence-electron chi connectivity index (χ3n) is 3.09. The Bertz CT molecular complexity index is 622. The zero-order chi connectivity index (χ0) is 12.9. The maximum atomic E-state index is 11.6. The predicted octanol–water partition coefficient (Wildman–Crippen LogP) is 0.161. The van der Waals surface area contributed by atoms with Gasteiger partial charge in [-0.25, -0.2) is 4.79 Å². The number of ketones is 2. The van der Waals surface area contributed by atoms with E-state index in [4.69, 9.17) is 9.84 Å². The number of hydrogen-bond donors (Lipinski definition) is 1. The zero-order valence-corrected chi connectivity index (χ0v) is 9.04. The second-order valence-electron chi connectivity index (χ2n) is 4.16. The van der Waals surface area contributed by atoms with Crippen LogP contribution in [0.25, 0.3) is 0 Å². The highest BCUT2D eigenvalue weighted by atomic mass is 16.5. The number of aliphatic imine (C=N–C) groups is 1. The van der Waals surface area contributed by atoms with E-state index in [0.717, 1.165) is 5.57 Å². The van der Waals surface area contributed by atoms with Gasteiger partial charge in [-0.3, -0.25) is 14.6 Å². The molecule has 6 heteroatoms. The molecule has 0 aromatic rings. The molecule has 0 aromatic carbocycles. The molecular formula is C12H7NO5. The molecule has 1 N–H and O–H groups in total. The molecule has 0 aromatic heterocycles. The van der Waals surface area contributed by atoms with Gasteiger partial charge >= 0.3 is 11.8 Å². The van der Waals surface area contributed by atoms with Gasteiger partial charge in [-0.2, -0.15) is 0 Å². The van der Waals surface area contributed by atoms with Crippen LogP contribution in [0.5, 0.6) is 0 Å².